The smallest absolute Gasteiger partial charge is 0.342 e. The van der Waals surface area contributed by atoms with Crippen molar-refractivity contribution in [3.05, 3.63) is 46.6 Å². The number of esters is 1. The maximum absolute atomic E-state index is 13.0. The maximum Gasteiger partial charge on any atom is 0.342 e. The van der Waals surface area contributed by atoms with Crippen LogP contribution in [-0.2, 0) is 21.2 Å². The predicted molar refractivity (Wildman–Crippen MR) is 130 cm³/mol. The van der Waals surface area contributed by atoms with E-state index in [-0.39, 0.29) is 42.0 Å². The van der Waals surface area contributed by atoms with Crippen LogP contribution in [0.25, 0.3) is 0 Å². The highest BCUT2D eigenvalue weighted by Gasteiger charge is 2.33. The Bertz CT molecular complexity index is 1010. The van der Waals surface area contributed by atoms with E-state index in [9.17, 15) is 23.4 Å². The number of carbonyl (C=O) groups is 1. The molecule has 7 nitrogen and oxygen atoms in total. The highest BCUT2D eigenvalue weighted by atomic mass is 32.2. The number of hydrogen-bond acceptors (Lipinski definition) is 6. The Morgan fingerprint density at radius 2 is 2.00 bits per heavy atom. The molecule has 2 atom stereocenters. The van der Waals surface area contributed by atoms with Crippen molar-refractivity contribution >= 4 is 16.0 Å². The molecule has 2 unspecified atom stereocenters. The van der Waals surface area contributed by atoms with E-state index in [0.717, 1.165) is 49.5 Å². The lowest BCUT2D eigenvalue weighted by Crippen LogP contribution is -2.27. The zero-order valence-corrected chi connectivity index (χ0v) is 20.9. The van der Waals surface area contributed by atoms with Crippen molar-refractivity contribution in [2.24, 2.45) is 5.92 Å². The van der Waals surface area contributed by atoms with Gasteiger partial charge in [-0.05, 0) is 57.1 Å². The van der Waals surface area contributed by atoms with Crippen molar-refractivity contribution in [2.45, 2.75) is 65.2 Å². The van der Waals surface area contributed by atoms with Gasteiger partial charge in [0.2, 0.25) is 10.0 Å². The number of unbranched alkanes of at least 4 members (excludes halogenated alkanes) is 2. The third-order valence-corrected chi connectivity index (χ3v) is 6.80. The van der Waals surface area contributed by atoms with Crippen LogP contribution in [0.5, 0.6) is 11.5 Å². The van der Waals surface area contributed by atoms with E-state index in [1.165, 1.54) is 0 Å². The molecule has 0 heterocycles. The third kappa shape index (κ3) is 7.33. The summed E-state index contributed by atoms with van der Waals surface area (Å²) in [5.74, 6) is -1.33. The quantitative estimate of drug-likeness (QED) is 0.244. The molecule has 0 amide bonds. The van der Waals surface area contributed by atoms with Gasteiger partial charge in [-0.3, -0.25) is 0 Å². The summed E-state index contributed by atoms with van der Waals surface area (Å²) in [6.07, 6.45) is 8.03. The number of phenols is 2. The first-order chi connectivity index (χ1) is 15.5. The van der Waals surface area contributed by atoms with E-state index in [1.807, 2.05) is 19.9 Å². The summed E-state index contributed by atoms with van der Waals surface area (Å²) in [5, 5.41) is 22.2. The predicted octanol–water partition coefficient (Wildman–Crippen LogP) is 4.55. The first kappa shape index (κ1) is 26.9. The lowest BCUT2D eigenvalue weighted by molar-refractivity contribution is 0.0508. The molecule has 1 aliphatic rings. The molecule has 184 valence electrons. The van der Waals surface area contributed by atoms with Gasteiger partial charge in [0.15, 0.2) is 0 Å². The minimum atomic E-state index is -3.40. The zero-order chi connectivity index (χ0) is 24.8. The fourth-order valence-electron chi connectivity index (χ4n) is 4.39. The number of phenolic OH excluding ortho intramolecular Hbond substituents is 2. The van der Waals surface area contributed by atoms with Crippen LogP contribution in [0.2, 0.25) is 0 Å². The highest BCUT2D eigenvalue weighted by Crippen LogP contribution is 2.48. The Kier molecular flexibility index (Phi) is 9.55. The minimum Gasteiger partial charge on any atom is -0.507 e. The van der Waals surface area contributed by atoms with Crippen LogP contribution in [-0.4, -0.2) is 44.0 Å². The molecule has 0 aliphatic heterocycles. The first-order valence-corrected chi connectivity index (χ1v) is 13.4. The fraction of sp³-hybridized carbons (Fsp3) is 0.560. The first-order valence-electron chi connectivity index (χ1n) is 11.5. The summed E-state index contributed by atoms with van der Waals surface area (Å²) in [4.78, 5) is 13.0. The number of sulfonamides is 1. The lowest BCUT2D eigenvalue weighted by Gasteiger charge is -2.32. The van der Waals surface area contributed by atoms with E-state index >= 15 is 0 Å². The minimum absolute atomic E-state index is 0.0271. The van der Waals surface area contributed by atoms with E-state index < -0.39 is 16.0 Å². The Morgan fingerprint density at radius 1 is 1.30 bits per heavy atom. The molecule has 8 heteroatoms. The standard InChI is InChI=1S/C25H37NO6S/c1-6-7-8-9-18-15-21(27)23(20-14-17(4)10-11-19(20)16(2)3)24(28)22(18)25(29)32-13-12-26-33(5,30)31/h14-15,19-20,26-28H,2,6-13H2,1,3-5H3. The molecule has 33 heavy (non-hydrogen) atoms. The molecule has 0 fully saturated rings. The number of aryl methyl sites for hydroxylation is 1. The Hall–Kier alpha value is -2.32. The Morgan fingerprint density at radius 3 is 2.61 bits per heavy atom. The van der Waals surface area contributed by atoms with Crippen LogP contribution in [0, 0.1) is 5.92 Å². The molecule has 3 N–H and O–H groups in total. The molecule has 0 radical (unpaired) electrons. The Balaban J connectivity index is 2.47. The van der Waals surface area contributed by atoms with Crippen LogP contribution in [0.3, 0.4) is 0 Å². The number of nitrogens with one attached hydrogen (secondary N) is 1. The van der Waals surface area contributed by atoms with E-state index in [0.29, 0.717) is 17.5 Å². The number of rotatable bonds is 11. The van der Waals surface area contributed by atoms with E-state index in [4.69, 9.17) is 4.74 Å². The summed E-state index contributed by atoms with van der Waals surface area (Å²) in [6, 6.07) is 1.56. The van der Waals surface area contributed by atoms with Gasteiger partial charge in [0.25, 0.3) is 0 Å². The monoisotopic (exact) mass is 479 g/mol. The summed E-state index contributed by atoms with van der Waals surface area (Å²) >= 11 is 0. The van der Waals surface area contributed by atoms with Crippen molar-refractivity contribution < 1.29 is 28.2 Å². The van der Waals surface area contributed by atoms with Crippen molar-refractivity contribution in [2.75, 3.05) is 19.4 Å². The van der Waals surface area contributed by atoms with Gasteiger partial charge < -0.3 is 14.9 Å². The zero-order valence-electron chi connectivity index (χ0n) is 20.1. The topological polar surface area (TPSA) is 113 Å². The number of aromatic hydroxyl groups is 2. The fourth-order valence-corrected chi connectivity index (χ4v) is 4.85. The third-order valence-electron chi connectivity index (χ3n) is 6.07. The molecular weight excluding hydrogens is 442 g/mol. The SMILES string of the molecule is C=C(C)C1CCC(C)=CC1c1c(O)cc(CCCCC)c(C(=O)OCCNS(C)(=O)=O)c1O. The molecule has 0 aromatic heterocycles. The molecule has 0 spiro atoms. The van der Waals surface area contributed by atoms with Gasteiger partial charge >= 0.3 is 5.97 Å². The summed E-state index contributed by atoms with van der Waals surface area (Å²) in [5.41, 5.74) is 2.97. The van der Waals surface area contributed by atoms with Crippen LogP contribution in [0.15, 0.2) is 29.9 Å². The average Bonchev–Trinajstić information content (AvgIpc) is 2.70. The van der Waals surface area contributed by atoms with Crippen molar-refractivity contribution in [1.82, 2.24) is 4.72 Å². The van der Waals surface area contributed by atoms with Crippen molar-refractivity contribution in [1.29, 1.82) is 0 Å². The van der Waals surface area contributed by atoms with Gasteiger partial charge in [0.05, 0.1) is 6.26 Å². The largest absolute Gasteiger partial charge is 0.507 e. The number of benzene rings is 1. The summed E-state index contributed by atoms with van der Waals surface area (Å²) < 4.78 is 30.0. The van der Waals surface area contributed by atoms with Crippen molar-refractivity contribution in [3.63, 3.8) is 0 Å². The second kappa shape index (κ2) is 11.7. The molecule has 1 aliphatic carbocycles. The summed E-state index contributed by atoms with van der Waals surface area (Å²) in [7, 11) is -3.40. The molecular formula is C25H37NO6S. The molecule has 2 rings (SSSR count). The maximum atomic E-state index is 13.0. The van der Waals surface area contributed by atoms with Gasteiger partial charge in [0.1, 0.15) is 23.7 Å². The number of ether oxygens (including phenoxy) is 1. The van der Waals surface area contributed by atoms with Gasteiger partial charge in [-0.25, -0.2) is 17.9 Å². The molecule has 1 aromatic rings. The molecule has 0 saturated carbocycles. The second-order valence-electron chi connectivity index (χ2n) is 8.98. The highest BCUT2D eigenvalue weighted by molar-refractivity contribution is 7.88. The molecule has 0 bridgehead atoms. The molecule has 0 saturated heterocycles. The number of carbonyl (C=O) groups excluding carboxylic acids is 1. The van der Waals surface area contributed by atoms with Gasteiger partial charge in [-0.15, -0.1) is 0 Å². The van der Waals surface area contributed by atoms with Crippen LogP contribution < -0.4 is 4.72 Å². The number of hydrogen-bond donors (Lipinski definition) is 3. The van der Waals surface area contributed by atoms with E-state index in [2.05, 4.69) is 18.2 Å². The van der Waals surface area contributed by atoms with E-state index in [1.54, 1.807) is 6.07 Å². The van der Waals surface area contributed by atoms with Crippen LogP contribution >= 0.6 is 0 Å². The lowest BCUT2D eigenvalue weighted by atomic mass is 9.73. The van der Waals surface area contributed by atoms with Crippen molar-refractivity contribution in [3.8, 4) is 11.5 Å². The van der Waals surface area contributed by atoms with Gasteiger partial charge in [-0.1, -0.05) is 43.6 Å². The normalized spacial score (nSPS) is 18.6. The summed E-state index contributed by atoms with van der Waals surface area (Å²) in [6.45, 7) is 9.87. The molecule has 1 aromatic carbocycles. The number of allylic oxidation sites excluding steroid dienone is 3. The van der Waals surface area contributed by atoms with Gasteiger partial charge in [0, 0.05) is 18.0 Å². The second-order valence-corrected chi connectivity index (χ2v) is 10.8. The van der Waals surface area contributed by atoms with Gasteiger partial charge in [-0.2, -0.15) is 0 Å². The van der Waals surface area contributed by atoms with Crippen LogP contribution in [0.1, 0.15) is 80.3 Å². The average molecular weight is 480 g/mol. The van der Waals surface area contributed by atoms with Crippen LogP contribution in [0.4, 0.5) is 0 Å². The Labute approximate surface area is 197 Å².